The maximum atomic E-state index is 12.1. The third-order valence-corrected chi connectivity index (χ3v) is 6.00. The van der Waals surface area contributed by atoms with Gasteiger partial charge in [0.05, 0.1) is 5.75 Å². The van der Waals surface area contributed by atoms with Gasteiger partial charge in [-0.2, -0.15) is 0 Å². The summed E-state index contributed by atoms with van der Waals surface area (Å²) in [5.41, 5.74) is 8.34. The third-order valence-electron chi connectivity index (χ3n) is 4.48. The molecule has 1 saturated carbocycles. The van der Waals surface area contributed by atoms with Crippen LogP contribution in [0.2, 0.25) is 0 Å². The Balaban J connectivity index is 0.00000264. The maximum Gasteiger partial charge on any atom is 0.211 e. The Bertz CT molecular complexity index is 567. The normalized spacial score (nSPS) is 17.2. The zero-order valence-corrected chi connectivity index (χ0v) is 15.6. The van der Waals surface area contributed by atoms with Gasteiger partial charge in [-0.25, -0.2) is 13.1 Å². The molecule has 0 bridgehead atoms. The molecule has 3 N–H and O–H groups in total. The minimum absolute atomic E-state index is 0. The van der Waals surface area contributed by atoms with Gasteiger partial charge in [-0.15, -0.1) is 12.4 Å². The molecule has 0 aliphatic heterocycles. The second-order valence-electron chi connectivity index (χ2n) is 6.71. The molecule has 132 valence electrons. The van der Waals surface area contributed by atoms with Crippen LogP contribution < -0.4 is 10.5 Å². The van der Waals surface area contributed by atoms with E-state index in [2.05, 4.69) is 30.7 Å². The van der Waals surface area contributed by atoms with Gasteiger partial charge in [-0.1, -0.05) is 51.0 Å². The molecule has 2 rings (SSSR count). The monoisotopic (exact) mass is 360 g/mol. The van der Waals surface area contributed by atoms with E-state index in [1.807, 2.05) is 12.1 Å². The number of hydrogen-bond acceptors (Lipinski definition) is 3. The summed E-state index contributed by atoms with van der Waals surface area (Å²) < 4.78 is 26.9. The van der Waals surface area contributed by atoms with Gasteiger partial charge < -0.3 is 5.73 Å². The standard InChI is InChI=1S/C17H28N2O2S.ClH/c1-13(2)15-7-9-16(10-8-15)17(18)11-19-22(20,21)12-14-5-3-4-6-14;/h7-10,13-14,17,19H,3-6,11-12,18H2,1-2H3;1H. The fourth-order valence-electron chi connectivity index (χ4n) is 3.01. The Labute approximate surface area is 146 Å². The van der Waals surface area contributed by atoms with Gasteiger partial charge in [-0.3, -0.25) is 0 Å². The van der Waals surface area contributed by atoms with E-state index < -0.39 is 10.0 Å². The fourth-order valence-corrected chi connectivity index (χ4v) is 4.51. The van der Waals surface area contributed by atoms with Crippen LogP contribution in [0.3, 0.4) is 0 Å². The summed E-state index contributed by atoms with van der Waals surface area (Å²) in [7, 11) is -3.22. The number of nitrogens with one attached hydrogen (secondary N) is 1. The molecule has 0 heterocycles. The molecule has 0 spiro atoms. The van der Waals surface area contributed by atoms with Gasteiger partial charge in [-0.05, 0) is 35.8 Å². The first-order valence-electron chi connectivity index (χ1n) is 8.20. The van der Waals surface area contributed by atoms with Crippen molar-refractivity contribution >= 4 is 22.4 Å². The fraction of sp³-hybridized carbons (Fsp3) is 0.647. The summed E-state index contributed by atoms with van der Waals surface area (Å²) in [6, 6.07) is 7.80. The van der Waals surface area contributed by atoms with Gasteiger partial charge >= 0.3 is 0 Å². The summed E-state index contributed by atoms with van der Waals surface area (Å²) in [5.74, 6) is 1.04. The van der Waals surface area contributed by atoms with E-state index in [0.717, 1.165) is 31.2 Å². The predicted octanol–water partition coefficient (Wildman–Crippen LogP) is 3.34. The van der Waals surface area contributed by atoms with E-state index in [9.17, 15) is 8.42 Å². The average Bonchev–Trinajstić information content (AvgIpc) is 2.97. The number of nitrogens with two attached hydrogens (primary N) is 1. The average molecular weight is 361 g/mol. The first-order chi connectivity index (χ1) is 10.4. The number of benzene rings is 1. The van der Waals surface area contributed by atoms with E-state index in [-0.39, 0.29) is 30.7 Å². The quantitative estimate of drug-likeness (QED) is 0.783. The molecule has 1 fully saturated rings. The van der Waals surface area contributed by atoms with E-state index in [4.69, 9.17) is 5.73 Å². The highest BCUT2D eigenvalue weighted by Crippen LogP contribution is 2.25. The molecule has 1 aliphatic carbocycles. The molecule has 6 heteroatoms. The molecule has 4 nitrogen and oxygen atoms in total. The lowest BCUT2D eigenvalue weighted by molar-refractivity contribution is 0.542. The summed E-state index contributed by atoms with van der Waals surface area (Å²) in [4.78, 5) is 0. The first-order valence-corrected chi connectivity index (χ1v) is 9.85. The zero-order valence-electron chi connectivity index (χ0n) is 14.0. The van der Waals surface area contributed by atoms with Crippen LogP contribution in [0.1, 0.15) is 62.6 Å². The van der Waals surface area contributed by atoms with Crippen molar-refractivity contribution in [2.45, 2.75) is 51.5 Å². The number of halogens is 1. The highest BCUT2D eigenvalue weighted by molar-refractivity contribution is 7.89. The molecule has 0 aromatic heterocycles. The van der Waals surface area contributed by atoms with Crippen LogP contribution in [0, 0.1) is 5.92 Å². The van der Waals surface area contributed by atoms with Gasteiger partial charge in [0.25, 0.3) is 0 Å². The van der Waals surface area contributed by atoms with Gasteiger partial charge in [0.2, 0.25) is 10.0 Å². The van der Waals surface area contributed by atoms with Crippen LogP contribution >= 0.6 is 12.4 Å². The smallest absolute Gasteiger partial charge is 0.211 e. The van der Waals surface area contributed by atoms with Crippen LogP contribution in [0.4, 0.5) is 0 Å². The van der Waals surface area contributed by atoms with E-state index >= 15 is 0 Å². The molecular formula is C17H29ClN2O2S. The van der Waals surface area contributed by atoms with Crippen LogP contribution in [-0.4, -0.2) is 20.7 Å². The molecule has 0 amide bonds. The molecule has 1 aliphatic rings. The van der Waals surface area contributed by atoms with E-state index in [0.29, 0.717) is 11.8 Å². The second kappa shape index (κ2) is 9.02. The predicted molar refractivity (Wildman–Crippen MR) is 98.5 cm³/mol. The van der Waals surface area contributed by atoms with Gasteiger partial charge in [0, 0.05) is 12.6 Å². The Morgan fingerprint density at radius 1 is 1.13 bits per heavy atom. The largest absolute Gasteiger partial charge is 0.323 e. The second-order valence-corrected chi connectivity index (χ2v) is 8.56. The van der Waals surface area contributed by atoms with Gasteiger partial charge in [0.1, 0.15) is 0 Å². The molecule has 1 unspecified atom stereocenters. The molecule has 1 atom stereocenters. The van der Waals surface area contributed by atoms with Gasteiger partial charge in [0.15, 0.2) is 0 Å². The SMILES string of the molecule is CC(C)c1ccc(C(N)CNS(=O)(=O)CC2CCCC2)cc1.Cl. The first kappa shape index (κ1) is 20.4. The molecule has 1 aromatic carbocycles. The Hall–Kier alpha value is -0.620. The van der Waals surface area contributed by atoms with Crippen molar-refractivity contribution in [2.24, 2.45) is 11.7 Å². The van der Waals surface area contributed by atoms with Crippen molar-refractivity contribution in [3.05, 3.63) is 35.4 Å². The van der Waals surface area contributed by atoms with Crippen LogP contribution in [0.25, 0.3) is 0 Å². The lowest BCUT2D eigenvalue weighted by atomic mass is 9.99. The minimum atomic E-state index is -3.22. The minimum Gasteiger partial charge on any atom is -0.323 e. The van der Waals surface area contributed by atoms with Crippen LogP contribution in [0.15, 0.2) is 24.3 Å². The number of hydrogen-bond donors (Lipinski definition) is 2. The molecule has 1 aromatic rings. The summed E-state index contributed by atoms with van der Waals surface area (Å²) in [5, 5.41) is 0. The lowest BCUT2D eigenvalue weighted by Gasteiger charge is -2.16. The molecule has 0 saturated heterocycles. The highest BCUT2D eigenvalue weighted by Gasteiger charge is 2.22. The van der Waals surface area contributed by atoms with E-state index in [1.165, 1.54) is 5.56 Å². The zero-order chi connectivity index (χ0) is 16.2. The van der Waals surface area contributed by atoms with Crippen molar-refractivity contribution in [2.75, 3.05) is 12.3 Å². The van der Waals surface area contributed by atoms with Crippen molar-refractivity contribution < 1.29 is 8.42 Å². The molecule has 23 heavy (non-hydrogen) atoms. The number of rotatable bonds is 7. The maximum absolute atomic E-state index is 12.1. The molecular weight excluding hydrogens is 332 g/mol. The summed E-state index contributed by atoms with van der Waals surface area (Å²) >= 11 is 0. The highest BCUT2D eigenvalue weighted by atomic mass is 35.5. The summed E-state index contributed by atoms with van der Waals surface area (Å²) in [6.07, 6.45) is 4.37. The molecule has 0 radical (unpaired) electrons. The number of sulfonamides is 1. The van der Waals surface area contributed by atoms with Crippen LogP contribution in [-0.2, 0) is 10.0 Å². The Morgan fingerprint density at radius 3 is 2.17 bits per heavy atom. The van der Waals surface area contributed by atoms with Crippen molar-refractivity contribution in [3.8, 4) is 0 Å². The summed E-state index contributed by atoms with van der Waals surface area (Å²) in [6.45, 7) is 4.55. The topological polar surface area (TPSA) is 72.2 Å². The van der Waals surface area contributed by atoms with Crippen LogP contribution in [0.5, 0.6) is 0 Å². The lowest BCUT2D eigenvalue weighted by Crippen LogP contribution is -2.35. The van der Waals surface area contributed by atoms with Crippen molar-refractivity contribution in [1.82, 2.24) is 4.72 Å². The third kappa shape index (κ3) is 6.42. The Morgan fingerprint density at radius 2 is 1.65 bits per heavy atom. The van der Waals surface area contributed by atoms with E-state index in [1.54, 1.807) is 0 Å². The van der Waals surface area contributed by atoms with Crippen molar-refractivity contribution in [3.63, 3.8) is 0 Å². The Kier molecular flexibility index (Phi) is 8.01. The van der Waals surface area contributed by atoms with Crippen molar-refractivity contribution in [1.29, 1.82) is 0 Å².